The summed E-state index contributed by atoms with van der Waals surface area (Å²) < 4.78 is 58.0. The van der Waals surface area contributed by atoms with Gasteiger partial charge in [0.05, 0.1) is 29.8 Å². The maximum absolute atomic E-state index is 13.9. The van der Waals surface area contributed by atoms with Crippen molar-refractivity contribution in [1.29, 1.82) is 0 Å². The number of alkyl halides is 3. The van der Waals surface area contributed by atoms with Crippen LogP contribution in [-0.2, 0) is 15.7 Å². The third-order valence-electron chi connectivity index (χ3n) is 5.42. The number of rotatable bonds is 7. The van der Waals surface area contributed by atoms with Gasteiger partial charge in [0.2, 0.25) is 0 Å². The number of nitrogens with one attached hydrogen (secondary N) is 1. The Kier molecular flexibility index (Phi) is 7.00. The number of halogens is 4. The Balaban J connectivity index is 1.64. The molecule has 0 radical (unpaired) electrons. The molecular weight excluding hydrogens is 460 g/mol. The number of esters is 1. The molecule has 4 aromatic rings. The minimum Gasteiger partial charge on any atom is -0.466 e. The lowest BCUT2D eigenvalue weighted by Crippen LogP contribution is -2.11. The molecule has 0 saturated carbocycles. The number of pyridine rings is 1. The van der Waals surface area contributed by atoms with Crippen molar-refractivity contribution in [3.63, 3.8) is 0 Å². The zero-order valence-corrected chi connectivity index (χ0v) is 18.8. The normalized spacial score (nSPS) is 11.5. The molecule has 0 aliphatic rings. The first kappa shape index (κ1) is 24.2. The van der Waals surface area contributed by atoms with Crippen molar-refractivity contribution in [1.82, 2.24) is 4.98 Å². The van der Waals surface area contributed by atoms with Crippen molar-refractivity contribution < 1.29 is 27.1 Å². The smallest absolute Gasteiger partial charge is 0.416 e. The molecule has 0 saturated heterocycles. The summed E-state index contributed by atoms with van der Waals surface area (Å²) in [6.07, 6.45) is -4.27. The second kappa shape index (κ2) is 10.1. The quantitative estimate of drug-likeness (QED) is 0.226. The Labute approximate surface area is 199 Å². The Morgan fingerprint density at radius 2 is 1.69 bits per heavy atom. The van der Waals surface area contributed by atoms with Crippen LogP contribution < -0.4 is 5.32 Å². The molecule has 0 aliphatic heterocycles. The van der Waals surface area contributed by atoms with Crippen molar-refractivity contribution in [2.24, 2.45) is 0 Å². The molecule has 1 N–H and O–H groups in total. The van der Waals surface area contributed by atoms with Gasteiger partial charge >= 0.3 is 12.1 Å². The number of benzene rings is 3. The molecule has 8 heteroatoms. The molecule has 0 bridgehead atoms. The van der Waals surface area contributed by atoms with E-state index in [2.05, 4.69) is 10.3 Å². The highest BCUT2D eigenvalue weighted by atomic mass is 19.4. The Morgan fingerprint density at radius 1 is 0.943 bits per heavy atom. The molecule has 0 unspecified atom stereocenters. The van der Waals surface area contributed by atoms with Crippen LogP contribution in [0.3, 0.4) is 0 Å². The van der Waals surface area contributed by atoms with E-state index in [0.717, 1.165) is 17.7 Å². The van der Waals surface area contributed by atoms with Crippen LogP contribution >= 0.6 is 0 Å². The summed E-state index contributed by atoms with van der Waals surface area (Å²) in [6, 6.07) is 18.2. The molecule has 4 rings (SSSR count). The molecule has 1 heterocycles. The largest absolute Gasteiger partial charge is 0.466 e. The number of fused-ring (bicyclic) bond motifs is 1. The zero-order chi connectivity index (χ0) is 25.0. The van der Waals surface area contributed by atoms with Gasteiger partial charge in [-0.2, -0.15) is 13.2 Å². The summed E-state index contributed by atoms with van der Waals surface area (Å²) in [7, 11) is 0. The third-order valence-corrected chi connectivity index (χ3v) is 5.42. The molecule has 4 nitrogen and oxygen atoms in total. The van der Waals surface area contributed by atoms with E-state index in [1.54, 1.807) is 49.4 Å². The van der Waals surface area contributed by atoms with Crippen molar-refractivity contribution in [3.8, 4) is 22.4 Å². The molecule has 0 fully saturated rings. The Morgan fingerprint density at radius 3 is 2.40 bits per heavy atom. The number of hydrogen-bond donors (Lipinski definition) is 1. The fourth-order valence-electron chi connectivity index (χ4n) is 3.73. The maximum atomic E-state index is 13.9. The average molecular weight is 482 g/mol. The molecule has 1 aromatic heterocycles. The fourth-order valence-corrected chi connectivity index (χ4v) is 3.73. The highest BCUT2D eigenvalue weighted by Gasteiger charge is 2.30. The van der Waals surface area contributed by atoms with Crippen LogP contribution in [0.25, 0.3) is 33.3 Å². The van der Waals surface area contributed by atoms with Crippen LogP contribution in [0.1, 0.15) is 18.9 Å². The minimum atomic E-state index is -4.42. The van der Waals surface area contributed by atoms with Gasteiger partial charge in [-0.25, -0.2) is 9.37 Å². The number of nitrogens with zero attached hydrogens (tertiary/aromatic N) is 1. The third kappa shape index (κ3) is 5.77. The van der Waals surface area contributed by atoms with Gasteiger partial charge in [-0.15, -0.1) is 0 Å². The summed E-state index contributed by atoms with van der Waals surface area (Å²) in [5, 5.41) is 3.73. The highest BCUT2D eigenvalue weighted by Crippen LogP contribution is 2.33. The van der Waals surface area contributed by atoms with Gasteiger partial charge in [-0.05, 0) is 54.4 Å². The number of hydrogen-bond acceptors (Lipinski definition) is 4. The monoisotopic (exact) mass is 482 g/mol. The number of carbonyl (C=O) groups excluding carboxylic acids is 1. The standard InChI is InChI=1S/C27H22F4N2O2/c1-2-35-26(34)12-13-32-25-16-24(33-23-11-10-21(28)15-22(23)25)18-8-6-17(7-9-18)19-4-3-5-20(14-19)27(29,30)31/h3-11,14-16H,2,12-13H2,1H3,(H,32,33). The first-order chi connectivity index (χ1) is 16.7. The molecule has 35 heavy (non-hydrogen) atoms. The van der Waals surface area contributed by atoms with E-state index >= 15 is 0 Å². The second-order valence-electron chi connectivity index (χ2n) is 7.85. The molecule has 0 aliphatic carbocycles. The molecule has 0 amide bonds. The lowest BCUT2D eigenvalue weighted by Gasteiger charge is -2.13. The lowest BCUT2D eigenvalue weighted by molar-refractivity contribution is -0.142. The van der Waals surface area contributed by atoms with Gasteiger partial charge in [0.25, 0.3) is 0 Å². The van der Waals surface area contributed by atoms with E-state index in [1.807, 2.05) is 0 Å². The van der Waals surface area contributed by atoms with Crippen molar-refractivity contribution in [3.05, 3.63) is 84.2 Å². The predicted octanol–water partition coefficient (Wildman–Crippen LogP) is 7.09. The van der Waals surface area contributed by atoms with E-state index in [-0.39, 0.29) is 12.4 Å². The SMILES string of the molecule is CCOC(=O)CCNc1cc(-c2ccc(-c3cccc(C(F)(F)F)c3)cc2)nc2ccc(F)cc12. The van der Waals surface area contributed by atoms with E-state index in [1.165, 1.54) is 18.2 Å². The first-order valence-corrected chi connectivity index (χ1v) is 11.0. The minimum absolute atomic E-state index is 0.147. The summed E-state index contributed by atoms with van der Waals surface area (Å²) in [4.78, 5) is 16.3. The maximum Gasteiger partial charge on any atom is 0.416 e. The van der Waals surface area contributed by atoms with Crippen molar-refractivity contribution in [2.45, 2.75) is 19.5 Å². The number of aromatic nitrogens is 1. The van der Waals surface area contributed by atoms with Crippen molar-refractivity contribution in [2.75, 3.05) is 18.5 Å². The highest BCUT2D eigenvalue weighted by molar-refractivity contribution is 5.94. The molecule has 3 aromatic carbocycles. The van der Waals surface area contributed by atoms with Crippen molar-refractivity contribution >= 4 is 22.6 Å². The van der Waals surface area contributed by atoms with E-state index in [0.29, 0.717) is 46.6 Å². The van der Waals surface area contributed by atoms with Crippen LogP contribution in [0.5, 0.6) is 0 Å². The number of anilines is 1. The van der Waals surface area contributed by atoms with E-state index in [9.17, 15) is 22.4 Å². The summed E-state index contributed by atoms with van der Waals surface area (Å²) in [5.41, 5.74) is 2.88. The summed E-state index contributed by atoms with van der Waals surface area (Å²) in [5.74, 6) is -0.749. The first-order valence-electron chi connectivity index (χ1n) is 11.0. The second-order valence-corrected chi connectivity index (χ2v) is 7.85. The van der Waals surface area contributed by atoms with Gasteiger partial charge < -0.3 is 10.1 Å². The van der Waals surface area contributed by atoms with Gasteiger partial charge in [-0.3, -0.25) is 4.79 Å². The summed E-state index contributed by atoms with van der Waals surface area (Å²) in [6.45, 7) is 2.32. The number of carbonyl (C=O) groups is 1. The summed E-state index contributed by atoms with van der Waals surface area (Å²) >= 11 is 0. The predicted molar refractivity (Wildman–Crippen MR) is 127 cm³/mol. The lowest BCUT2D eigenvalue weighted by atomic mass is 10.00. The molecular formula is C27H22F4N2O2. The van der Waals surface area contributed by atoms with Crippen LogP contribution in [0, 0.1) is 5.82 Å². The fraction of sp³-hybridized carbons (Fsp3) is 0.185. The van der Waals surface area contributed by atoms with Gasteiger partial charge in [0.15, 0.2) is 0 Å². The Hall–Kier alpha value is -3.94. The van der Waals surface area contributed by atoms with Crippen LogP contribution in [-0.4, -0.2) is 24.1 Å². The zero-order valence-electron chi connectivity index (χ0n) is 18.8. The van der Waals surface area contributed by atoms with E-state index < -0.39 is 17.6 Å². The van der Waals surface area contributed by atoms with Crippen LogP contribution in [0.4, 0.5) is 23.2 Å². The topological polar surface area (TPSA) is 51.2 Å². The van der Waals surface area contributed by atoms with Gasteiger partial charge in [0.1, 0.15) is 5.82 Å². The van der Waals surface area contributed by atoms with Gasteiger partial charge in [0, 0.05) is 23.2 Å². The molecule has 0 atom stereocenters. The van der Waals surface area contributed by atoms with Crippen LogP contribution in [0.15, 0.2) is 72.8 Å². The molecule has 180 valence electrons. The average Bonchev–Trinajstić information content (AvgIpc) is 2.84. The number of ether oxygens (including phenoxy) is 1. The Bertz CT molecular complexity index is 1350. The van der Waals surface area contributed by atoms with Crippen LogP contribution in [0.2, 0.25) is 0 Å². The van der Waals surface area contributed by atoms with Gasteiger partial charge in [-0.1, -0.05) is 36.4 Å². The van der Waals surface area contributed by atoms with E-state index in [4.69, 9.17) is 4.74 Å². The molecule has 0 spiro atoms.